The van der Waals surface area contributed by atoms with E-state index in [0.29, 0.717) is 24.2 Å². The van der Waals surface area contributed by atoms with E-state index in [-0.39, 0.29) is 5.09 Å². The molecule has 31 heavy (non-hydrogen) atoms. The van der Waals surface area contributed by atoms with Gasteiger partial charge in [0.2, 0.25) is 5.09 Å². The van der Waals surface area contributed by atoms with Gasteiger partial charge in [0.05, 0.1) is 5.60 Å². The number of sulfonamides is 1. The molecule has 0 saturated heterocycles. The Morgan fingerprint density at radius 2 is 1.68 bits per heavy atom. The van der Waals surface area contributed by atoms with Crippen LogP contribution in [0.4, 0.5) is 10.5 Å². The number of rotatable bonds is 3. The van der Waals surface area contributed by atoms with Crippen LogP contribution in [-0.4, -0.2) is 19.6 Å². The third-order valence-corrected chi connectivity index (χ3v) is 8.07. The minimum atomic E-state index is -4.20. The normalized spacial score (nSPS) is 22.4. The van der Waals surface area contributed by atoms with Gasteiger partial charge in [-0.25, -0.2) is 9.52 Å². The number of hydrogen-bond donors (Lipinski definition) is 3. The first-order valence-corrected chi connectivity index (χ1v) is 12.6. The van der Waals surface area contributed by atoms with E-state index in [4.69, 9.17) is 4.42 Å². The molecule has 3 aliphatic carbocycles. The number of furan rings is 1. The maximum Gasteiger partial charge on any atom is 0.333 e. The molecule has 3 N–H and O–H groups in total. The van der Waals surface area contributed by atoms with Crippen LogP contribution in [0, 0.1) is 0 Å². The zero-order chi connectivity index (χ0) is 21.8. The summed E-state index contributed by atoms with van der Waals surface area (Å²) in [6, 6.07) is 2.83. The van der Waals surface area contributed by atoms with E-state index in [1.54, 1.807) is 6.92 Å². The topological polar surface area (TPSA) is 109 Å². The lowest BCUT2D eigenvalue weighted by atomic mass is 9.94. The van der Waals surface area contributed by atoms with Crippen LogP contribution in [0.25, 0.3) is 0 Å². The zero-order valence-corrected chi connectivity index (χ0v) is 18.5. The molecule has 0 bridgehead atoms. The van der Waals surface area contributed by atoms with Crippen LogP contribution < -0.4 is 10.0 Å². The van der Waals surface area contributed by atoms with Crippen molar-refractivity contribution in [3.8, 4) is 0 Å². The highest BCUT2D eigenvalue weighted by Gasteiger charge is 2.34. The summed E-state index contributed by atoms with van der Waals surface area (Å²) < 4.78 is 33.4. The van der Waals surface area contributed by atoms with Crippen LogP contribution in [0.15, 0.2) is 21.6 Å². The van der Waals surface area contributed by atoms with E-state index in [9.17, 15) is 18.3 Å². The van der Waals surface area contributed by atoms with E-state index >= 15 is 0 Å². The van der Waals surface area contributed by atoms with Gasteiger partial charge in [0.15, 0.2) is 0 Å². The molecule has 0 saturated carbocycles. The fraction of sp³-hybridized carbons (Fsp3) is 0.522. The van der Waals surface area contributed by atoms with Gasteiger partial charge in [0.1, 0.15) is 5.76 Å². The average molecular weight is 445 g/mol. The van der Waals surface area contributed by atoms with Gasteiger partial charge in [-0.2, -0.15) is 8.42 Å². The number of hydrogen-bond acceptors (Lipinski definition) is 5. The fourth-order valence-corrected chi connectivity index (χ4v) is 6.23. The van der Waals surface area contributed by atoms with Crippen molar-refractivity contribution in [1.82, 2.24) is 4.72 Å². The van der Waals surface area contributed by atoms with Gasteiger partial charge in [0, 0.05) is 23.7 Å². The summed E-state index contributed by atoms with van der Waals surface area (Å²) in [4.78, 5) is 12.7. The molecular weight excluding hydrogens is 416 g/mol. The van der Waals surface area contributed by atoms with Crippen molar-refractivity contribution < 1.29 is 22.7 Å². The lowest BCUT2D eigenvalue weighted by molar-refractivity contribution is 0.0468. The van der Waals surface area contributed by atoms with Gasteiger partial charge in [-0.05, 0) is 87.0 Å². The maximum absolute atomic E-state index is 12.9. The number of amides is 2. The molecule has 1 aromatic carbocycles. The standard InChI is InChI=1S/C23H28N2O5S/c1-23(27)11-3-2-10-19-18(23)13-20(30-19)31(28,29)25-22(26)24-21-16-8-4-6-14(16)12-15-7-5-9-17(15)21/h12-13,27H,2-11H2,1H3,(H2,24,25,26). The monoisotopic (exact) mass is 444 g/mol. The molecule has 1 aromatic heterocycles. The Morgan fingerprint density at radius 1 is 1.00 bits per heavy atom. The summed E-state index contributed by atoms with van der Waals surface area (Å²) in [5.74, 6) is 0.474. The van der Waals surface area contributed by atoms with Crippen LogP contribution in [0.1, 0.15) is 72.6 Å². The molecule has 2 aromatic rings. The van der Waals surface area contributed by atoms with Crippen LogP contribution in [-0.2, 0) is 47.7 Å². The van der Waals surface area contributed by atoms with Gasteiger partial charge in [0.25, 0.3) is 10.0 Å². The Balaban J connectivity index is 1.40. The second-order valence-electron chi connectivity index (χ2n) is 9.18. The average Bonchev–Trinajstić information content (AvgIpc) is 3.42. The Morgan fingerprint density at radius 3 is 2.35 bits per heavy atom. The molecule has 0 fully saturated rings. The van der Waals surface area contributed by atoms with E-state index < -0.39 is 21.7 Å². The van der Waals surface area contributed by atoms with Crippen molar-refractivity contribution in [2.75, 3.05) is 5.32 Å². The first kappa shape index (κ1) is 20.6. The number of carbonyl (C=O) groups is 1. The van der Waals surface area contributed by atoms with Gasteiger partial charge in [-0.3, -0.25) is 0 Å². The Hall–Kier alpha value is -2.32. The maximum atomic E-state index is 12.9. The molecule has 1 unspecified atom stereocenters. The molecule has 1 heterocycles. The third-order valence-electron chi connectivity index (χ3n) is 6.89. The Labute approximate surface area is 182 Å². The number of aryl methyl sites for hydroxylation is 3. The van der Waals surface area contributed by atoms with Crippen molar-refractivity contribution in [3.05, 3.63) is 45.7 Å². The molecule has 0 spiro atoms. The van der Waals surface area contributed by atoms with Crippen molar-refractivity contribution in [3.63, 3.8) is 0 Å². The third kappa shape index (κ3) is 3.65. The summed E-state index contributed by atoms with van der Waals surface area (Å²) in [5.41, 5.74) is 4.92. The van der Waals surface area contributed by atoms with Gasteiger partial charge in [-0.15, -0.1) is 0 Å². The molecule has 5 rings (SSSR count). The SMILES string of the molecule is CC1(O)CCCCc2oc(S(=O)(=O)NC(=O)Nc3c4c(cc5c3CCC5)CCC4)cc21. The summed E-state index contributed by atoms with van der Waals surface area (Å²) in [6.45, 7) is 1.67. The lowest BCUT2D eigenvalue weighted by Crippen LogP contribution is -2.34. The molecule has 2 amide bonds. The van der Waals surface area contributed by atoms with Crippen molar-refractivity contribution in [1.29, 1.82) is 0 Å². The molecule has 0 aliphatic heterocycles. The minimum absolute atomic E-state index is 0.335. The summed E-state index contributed by atoms with van der Waals surface area (Å²) in [7, 11) is -4.20. The van der Waals surface area contributed by atoms with E-state index in [1.807, 2.05) is 0 Å². The first-order chi connectivity index (χ1) is 14.7. The summed E-state index contributed by atoms with van der Waals surface area (Å²) in [5, 5.41) is 13.2. The summed E-state index contributed by atoms with van der Waals surface area (Å²) in [6.07, 6.45) is 8.63. The van der Waals surface area contributed by atoms with Crippen LogP contribution in [0.5, 0.6) is 0 Å². The largest absolute Gasteiger partial charge is 0.447 e. The molecule has 3 aliphatic rings. The predicted octanol–water partition coefficient (Wildman–Crippen LogP) is 3.70. The number of carbonyl (C=O) groups excluding carboxylic acids is 1. The quantitative estimate of drug-likeness (QED) is 0.626. The highest BCUT2D eigenvalue weighted by Crippen LogP contribution is 2.39. The second kappa shape index (κ2) is 7.38. The van der Waals surface area contributed by atoms with Crippen LogP contribution >= 0.6 is 0 Å². The van der Waals surface area contributed by atoms with Crippen molar-refractivity contribution in [2.24, 2.45) is 0 Å². The number of urea groups is 1. The zero-order valence-electron chi connectivity index (χ0n) is 17.7. The number of fused-ring (bicyclic) bond motifs is 3. The minimum Gasteiger partial charge on any atom is -0.447 e. The number of aliphatic hydroxyl groups is 1. The van der Waals surface area contributed by atoms with Crippen LogP contribution in [0.3, 0.4) is 0 Å². The first-order valence-electron chi connectivity index (χ1n) is 11.1. The molecule has 0 radical (unpaired) electrons. The van der Waals surface area contributed by atoms with Crippen molar-refractivity contribution >= 4 is 21.7 Å². The fourth-order valence-electron chi connectivity index (χ4n) is 5.35. The molecule has 1 atom stereocenters. The van der Waals surface area contributed by atoms with Crippen LogP contribution in [0.2, 0.25) is 0 Å². The second-order valence-corrected chi connectivity index (χ2v) is 10.8. The highest BCUT2D eigenvalue weighted by molar-refractivity contribution is 7.89. The highest BCUT2D eigenvalue weighted by atomic mass is 32.2. The molecule has 8 heteroatoms. The lowest BCUT2D eigenvalue weighted by Gasteiger charge is -2.20. The van der Waals surface area contributed by atoms with Gasteiger partial charge < -0.3 is 14.8 Å². The van der Waals surface area contributed by atoms with E-state index in [2.05, 4.69) is 16.1 Å². The number of benzene rings is 1. The van der Waals surface area contributed by atoms with Crippen molar-refractivity contribution in [2.45, 2.75) is 81.8 Å². The van der Waals surface area contributed by atoms with E-state index in [1.165, 1.54) is 17.2 Å². The predicted molar refractivity (Wildman–Crippen MR) is 116 cm³/mol. The smallest absolute Gasteiger partial charge is 0.333 e. The Bertz CT molecular complexity index is 1130. The molecular formula is C23H28N2O5S. The van der Waals surface area contributed by atoms with E-state index in [0.717, 1.165) is 68.2 Å². The number of anilines is 1. The number of nitrogens with one attached hydrogen (secondary N) is 2. The van der Waals surface area contributed by atoms with Gasteiger partial charge in [-0.1, -0.05) is 6.07 Å². The molecule has 166 valence electrons. The Kier molecular flexibility index (Phi) is 4.90. The van der Waals surface area contributed by atoms with Gasteiger partial charge >= 0.3 is 6.03 Å². The molecule has 7 nitrogen and oxygen atoms in total. The summed E-state index contributed by atoms with van der Waals surface area (Å²) >= 11 is 0.